The van der Waals surface area contributed by atoms with Gasteiger partial charge < -0.3 is 20.1 Å². The van der Waals surface area contributed by atoms with Crippen molar-refractivity contribution in [3.05, 3.63) is 35.5 Å². The molecule has 0 bridgehead atoms. The van der Waals surface area contributed by atoms with Gasteiger partial charge in [-0.2, -0.15) is 0 Å². The van der Waals surface area contributed by atoms with Gasteiger partial charge in [0.25, 0.3) is 0 Å². The molecule has 0 unspecified atom stereocenters. The van der Waals surface area contributed by atoms with Crippen LogP contribution in [0.1, 0.15) is 79.1 Å². The average molecular weight is 457 g/mol. The highest BCUT2D eigenvalue weighted by Crippen LogP contribution is 2.59. The van der Waals surface area contributed by atoms with Gasteiger partial charge >= 0.3 is 0 Å². The zero-order valence-corrected chi connectivity index (χ0v) is 21.1. The van der Waals surface area contributed by atoms with Gasteiger partial charge in [-0.25, -0.2) is 0 Å². The fourth-order valence-corrected chi connectivity index (χ4v) is 6.45. The minimum Gasteiger partial charge on any atom is -0.393 e. The summed E-state index contributed by atoms with van der Waals surface area (Å²) >= 11 is 0. The van der Waals surface area contributed by atoms with Crippen molar-refractivity contribution in [2.75, 3.05) is 13.2 Å². The average Bonchev–Trinajstić information content (AvgIpc) is 3.11. The van der Waals surface area contributed by atoms with Crippen LogP contribution in [0.4, 0.5) is 0 Å². The summed E-state index contributed by atoms with van der Waals surface area (Å²) in [7, 11) is 0. The molecule has 4 nitrogen and oxygen atoms in total. The van der Waals surface area contributed by atoms with Gasteiger partial charge in [-0.15, -0.1) is 0 Å². The Kier molecular flexibility index (Phi) is 8.67. The molecule has 0 aromatic heterocycles. The van der Waals surface area contributed by atoms with Crippen LogP contribution in [0.2, 0.25) is 0 Å². The maximum Gasteiger partial charge on any atom is 0.107 e. The highest BCUT2D eigenvalue weighted by atomic mass is 16.5. The molecule has 3 rings (SSSR count). The number of hydrogen-bond acceptors (Lipinski definition) is 4. The quantitative estimate of drug-likeness (QED) is 0.391. The number of ether oxygens (including phenoxy) is 1. The molecule has 0 heterocycles. The first-order chi connectivity index (χ1) is 15.5. The van der Waals surface area contributed by atoms with Crippen LogP contribution in [0, 0.1) is 35.0 Å². The van der Waals surface area contributed by atoms with Crippen LogP contribution < -0.4 is 0 Å². The van der Waals surface area contributed by atoms with Gasteiger partial charge in [0.1, 0.15) is 6.61 Å². The van der Waals surface area contributed by atoms with Crippen molar-refractivity contribution >= 4 is 0 Å². The molecule has 3 fully saturated rings. The SMILES string of the molecule is C=C1/C(=C\C=C2/CCC[C@]3(COCC#CCC(C)(C)O)[C@@H](C(C)C)CC[C@@H]23)C[C@@H](O)C[C@@H]1O. The van der Waals surface area contributed by atoms with E-state index in [-0.39, 0.29) is 5.41 Å². The van der Waals surface area contributed by atoms with E-state index in [1.54, 1.807) is 13.8 Å². The number of hydrogen-bond donors (Lipinski definition) is 3. The van der Waals surface area contributed by atoms with Crippen LogP contribution in [-0.4, -0.2) is 46.3 Å². The predicted molar refractivity (Wildman–Crippen MR) is 133 cm³/mol. The van der Waals surface area contributed by atoms with E-state index in [9.17, 15) is 15.3 Å². The van der Waals surface area contributed by atoms with E-state index in [0.29, 0.717) is 43.6 Å². The molecule has 184 valence electrons. The van der Waals surface area contributed by atoms with E-state index in [4.69, 9.17) is 4.74 Å². The normalized spacial score (nSPS) is 35.1. The van der Waals surface area contributed by atoms with Crippen molar-refractivity contribution in [3.8, 4) is 11.8 Å². The number of rotatable bonds is 6. The van der Waals surface area contributed by atoms with E-state index >= 15 is 0 Å². The fraction of sp³-hybridized carbons (Fsp3) is 0.724. The number of allylic oxidation sites excluding steroid dienone is 3. The van der Waals surface area contributed by atoms with Crippen molar-refractivity contribution in [2.24, 2.45) is 23.2 Å². The first-order valence-corrected chi connectivity index (χ1v) is 12.7. The van der Waals surface area contributed by atoms with Gasteiger partial charge in [0.15, 0.2) is 0 Å². The summed E-state index contributed by atoms with van der Waals surface area (Å²) in [6.07, 6.45) is 10.5. The summed E-state index contributed by atoms with van der Waals surface area (Å²) in [5.41, 5.74) is 2.59. The molecule has 0 radical (unpaired) electrons. The Bertz CT molecular complexity index is 819. The lowest BCUT2D eigenvalue weighted by molar-refractivity contribution is -0.0180. The van der Waals surface area contributed by atoms with Crippen LogP contribution in [0.3, 0.4) is 0 Å². The molecule has 3 aliphatic carbocycles. The van der Waals surface area contributed by atoms with E-state index in [0.717, 1.165) is 30.6 Å². The molecule has 0 aliphatic heterocycles. The Morgan fingerprint density at radius 1 is 1.21 bits per heavy atom. The summed E-state index contributed by atoms with van der Waals surface area (Å²) in [6.45, 7) is 13.4. The monoisotopic (exact) mass is 456 g/mol. The Hall–Kier alpha value is -1.38. The standard InChI is InChI=1S/C29H44O4/c1-20(2)25-12-13-26-22(10-11-23-17-24(30)18-27(31)21(23)3)9-8-15-29(25,26)19-33-16-7-6-14-28(4,5)32/h10-11,20,24-27,30-32H,3,8-9,12-19H2,1-2,4-5H3/b22-10+,23-11-/t24-,25-,26+,27+,29+/m1/s1. The summed E-state index contributed by atoms with van der Waals surface area (Å²) in [5, 5.41) is 30.1. The molecule has 0 aromatic rings. The summed E-state index contributed by atoms with van der Waals surface area (Å²) in [4.78, 5) is 0. The molecule has 4 heteroatoms. The molecular formula is C29H44O4. The fourth-order valence-electron chi connectivity index (χ4n) is 6.45. The molecule has 3 aliphatic rings. The van der Waals surface area contributed by atoms with Gasteiger partial charge in [0.2, 0.25) is 0 Å². The Morgan fingerprint density at radius 3 is 2.67 bits per heavy atom. The number of fused-ring (bicyclic) bond motifs is 1. The topological polar surface area (TPSA) is 69.9 Å². The second-order valence-corrected chi connectivity index (χ2v) is 11.5. The molecule has 0 amide bonds. The first kappa shape index (κ1) is 26.2. The third-order valence-corrected chi connectivity index (χ3v) is 8.01. The minimum absolute atomic E-state index is 0.150. The lowest BCUT2D eigenvalue weighted by Gasteiger charge is -2.46. The lowest BCUT2D eigenvalue weighted by Crippen LogP contribution is -2.42. The highest BCUT2D eigenvalue weighted by Gasteiger charge is 2.53. The van der Waals surface area contributed by atoms with E-state index < -0.39 is 17.8 Å². The molecule has 0 saturated heterocycles. The minimum atomic E-state index is -0.766. The van der Waals surface area contributed by atoms with Crippen molar-refractivity contribution in [3.63, 3.8) is 0 Å². The lowest BCUT2D eigenvalue weighted by atomic mass is 9.60. The molecule has 33 heavy (non-hydrogen) atoms. The highest BCUT2D eigenvalue weighted by molar-refractivity contribution is 5.38. The van der Waals surface area contributed by atoms with Crippen molar-refractivity contribution in [2.45, 2.75) is 96.9 Å². The maximum absolute atomic E-state index is 10.2. The zero-order valence-electron chi connectivity index (χ0n) is 21.1. The van der Waals surface area contributed by atoms with Crippen molar-refractivity contribution < 1.29 is 20.1 Å². The van der Waals surface area contributed by atoms with E-state index in [1.165, 1.54) is 24.8 Å². The predicted octanol–water partition coefficient (Wildman–Crippen LogP) is 4.94. The van der Waals surface area contributed by atoms with Crippen LogP contribution in [0.5, 0.6) is 0 Å². The van der Waals surface area contributed by atoms with Gasteiger partial charge in [0.05, 0.1) is 24.4 Å². The number of aliphatic hydroxyl groups excluding tert-OH is 2. The Balaban J connectivity index is 1.76. The third kappa shape index (κ3) is 6.40. The molecule has 0 spiro atoms. The second kappa shape index (κ2) is 10.9. The maximum atomic E-state index is 10.2. The van der Waals surface area contributed by atoms with Gasteiger partial charge in [-0.1, -0.05) is 50.0 Å². The Morgan fingerprint density at radius 2 is 1.97 bits per heavy atom. The summed E-state index contributed by atoms with van der Waals surface area (Å²) < 4.78 is 6.18. The van der Waals surface area contributed by atoms with Gasteiger partial charge in [0, 0.05) is 18.3 Å². The largest absolute Gasteiger partial charge is 0.393 e. The summed E-state index contributed by atoms with van der Waals surface area (Å²) in [6, 6.07) is 0. The molecule has 3 saturated carbocycles. The molecule has 0 aromatic carbocycles. The number of aliphatic hydroxyl groups is 3. The smallest absolute Gasteiger partial charge is 0.107 e. The van der Waals surface area contributed by atoms with Crippen LogP contribution >= 0.6 is 0 Å². The second-order valence-electron chi connectivity index (χ2n) is 11.5. The van der Waals surface area contributed by atoms with Crippen LogP contribution in [0.15, 0.2) is 35.5 Å². The third-order valence-electron chi connectivity index (χ3n) is 8.01. The zero-order chi connectivity index (χ0) is 24.2. The van der Waals surface area contributed by atoms with Crippen molar-refractivity contribution in [1.82, 2.24) is 0 Å². The van der Waals surface area contributed by atoms with Gasteiger partial charge in [-0.05, 0) is 81.3 Å². The molecular weight excluding hydrogens is 412 g/mol. The van der Waals surface area contributed by atoms with E-state index in [2.05, 4.69) is 44.4 Å². The summed E-state index contributed by atoms with van der Waals surface area (Å²) in [5.74, 6) is 7.87. The van der Waals surface area contributed by atoms with Crippen LogP contribution in [0.25, 0.3) is 0 Å². The van der Waals surface area contributed by atoms with Crippen LogP contribution in [-0.2, 0) is 4.74 Å². The van der Waals surface area contributed by atoms with Gasteiger partial charge in [-0.3, -0.25) is 0 Å². The first-order valence-electron chi connectivity index (χ1n) is 12.7. The Labute approximate surface area is 200 Å². The van der Waals surface area contributed by atoms with Crippen molar-refractivity contribution in [1.29, 1.82) is 0 Å². The molecule has 3 N–H and O–H groups in total. The van der Waals surface area contributed by atoms with E-state index in [1.807, 2.05) is 0 Å². The molecule has 5 atom stereocenters.